The van der Waals surface area contributed by atoms with E-state index < -0.39 is 0 Å². The van der Waals surface area contributed by atoms with Crippen LogP contribution in [0.5, 0.6) is 0 Å². The zero-order valence-corrected chi connectivity index (χ0v) is 27.4. The predicted molar refractivity (Wildman–Crippen MR) is 210 cm³/mol. The fraction of sp³-hybridized carbons (Fsp3) is 0. The van der Waals surface area contributed by atoms with E-state index in [1.807, 2.05) is 12.1 Å². The van der Waals surface area contributed by atoms with Gasteiger partial charge in [-0.15, -0.1) is 0 Å². The molecule has 3 nitrogen and oxygen atoms in total. The highest BCUT2D eigenvalue weighted by atomic mass is 16.3. The second-order valence-corrected chi connectivity index (χ2v) is 13.3. The molecular formula is C48H28O3. The normalized spacial score (nSPS) is 11.9. The molecule has 8 aromatic carbocycles. The van der Waals surface area contributed by atoms with E-state index in [-0.39, 0.29) is 0 Å². The van der Waals surface area contributed by atoms with Crippen molar-refractivity contribution in [2.24, 2.45) is 0 Å². The molecule has 11 aromatic rings. The molecule has 3 heteroatoms. The Morgan fingerprint density at radius 2 is 0.647 bits per heavy atom. The van der Waals surface area contributed by atoms with E-state index in [1.165, 1.54) is 11.1 Å². The van der Waals surface area contributed by atoms with Gasteiger partial charge in [0.1, 0.15) is 33.5 Å². The summed E-state index contributed by atoms with van der Waals surface area (Å²) in [5, 5.41) is 6.30. The van der Waals surface area contributed by atoms with Crippen LogP contribution < -0.4 is 0 Å². The summed E-state index contributed by atoms with van der Waals surface area (Å²) < 4.78 is 19.9. The Morgan fingerprint density at radius 1 is 0.255 bits per heavy atom. The summed E-state index contributed by atoms with van der Waals surface area (Å²) in [4.78, 5) is 0. The van der Waals surface area contributed by atoms with Crippen LogP contribution in [-0.4, -0.2) is 0 Å². The van der Waals surface area contributed by atoms with Crippen LogP contribution in [0.15, 0.2) is 183 Å². The quantitative estimate of drug-likeness (QED) is 0.190. The van der Waals surface area contributed by atoms with Crippen molar-refractivity contribution in [3.63, 3.8) is 0 Å². The van der Waals surface area contributed by atoms with Crippen LogP contribution in [0.25, 0.3) is 110 Å². The van der Waals surface area contributed by atoms with Crippen LogP contribution in [0.3, 0.4) is 0 Å². The van der Waals surface area contributed by atoms with Crippen molar-refractivity contribution in [1.82, 2.24) is 0 Å². The molecular weight excluding hydrogens is 625 g/mol. The molecule has 0 aliphatic heterocycles. The molecule has 0 aliphatic carbocycles. The van der Waals surface area contributed by atoms with Gasteiger partial charge in [0.25, 0.3) is 0 Å². The Kier molecular flexibility index (Phi) is 5.96. The highest BCUT2D eigenvalue weighted by molar-refractivity contribution is 6.26. The van der Waals surface area contributed by atoms with Gasteiger partial charge in [-0.2, -0.15) is 0 Å². The molecule has 0 amide bonds. The van der Waals surface area contributed by atoms with Crippen molar-refractivity contribution >= 4 is 65.8 Å². The van der Waals surface area contributed by atoms with Crippen molar-refractivity contribution in [1.29, 1.82) is 0 Å². The van der Waals surface area contributed by atoms with Gasteiger partial charge < -0.3 is 13.3 Å². The van der Waals surface area contributed by atoms with E-state index in [0.717, 1.165) is 99.2 Å². The third-order valence-electron chi connectivity index (χ3n) is 10.3. The van der Waals surface area contributed by atoms with Crippen LogP contribution in [-0.2, 0) is 0 Å². The second-order valence-electron chi connectivity index (χ2n) is 13.3. The lowest BCUT2D eigenvalue weighted by molar-refractivity contribution is 0.663. The van der Waals surface area contributed by atoms with Crippen molar-refractivity contribution in [3.05, 3.63) is 170 Å². The zero-order valence-electron chi connectivity index (χ0n) is 27.4. The van der Waals surface area contributed by atoms with Gasteiger partial charge in [0.15, 0.2) is 0 Å². The number of benzene rings is 8. The third-order valence-corrected chi connectivity index (χ3v) is 10.3. The lowest BCUT2D eigenvalue weighted by Crippen LogP contribution is -1.82. The maximum atomic E-state index is 6.80. The maximum absolute atomic E-state index is 6.80. The first-order chi connectivity index (χ1) is 25.2. The van der Waals surface area contributed by atoms with Gasteiger partial charge in [-0.25, -0.2) is 0 Å². The van der Waals surface area contributed by atoms with Crippen LogP contribution in [0.1, 0.15) is 0 Å². The summed E-state index contributed by atoms with van der Waals surface area (Å²) in [7, 11) is 0. The van der Waals surface area contributed by atoms with Crippen molar-refractivity contribution in [3.8, 4) is 44.5 Å². The summed E-state index contributed by atoms with van der Waals surface area (Å²) in [5.41, 5.74) is 14.1. The van der Waals surface area contributed by atoms with Crippen LogP contribution in [0.4, 0.5) is 0 Å². The standard InChI is InChI=1S/C48H28O3/c1-4-10-29(11-5-1)32-16-20-42-37(24-32)38-27-35(19-23-43(38)49-42)36-28-40-39-25-33(30-12-6-2-7-13-30)17-21-44(39)50-48(40)46-41-26-34(31-14-8-3-9-15-31)18-22-45(41)51-47(36)46/h1-28H. The summed E-state index contributed by atoms with van der Waals surface area (Å²) in [6, 6.07) is 59.6. The highest BCUT2D eigenvalue weighted by Crippen LogP contribution is 2.46. The Balaban J connectivity index is 1.20. The van der Waals surface area contributed by atoms with Crippen LogP contribution >= 0.6 is 0 Å². The minimum Gasteiger partial charge on any atom is -0.456 e. The predicted octanol–water partition coefficient (Wildman–Crippen LogP) is 14.1. The van der Waals surface area contributed by atoms with Crippen LogP contribution in [0, 0.1) is 0 Å². The van der Waals surface area contributed by atoms with Gasteiger partial charge in [-0.05, 0) is 93.5 Å². The lowest BCUT2D eigenvalue weighted by Gasteiger charge is -2.06. The molecule has 0 unspecified atom stereocenters. The molecule has 3 aromatic heterocycles. The molecule has 51 heavy (non-hydrogen) atoms. The molecule has 0 aliphatic rings. The van der Waals surface area contributed by atoms with E-state index in [1.54, 1.807) is 0 Å². The van der Waals surface area contributed by atoms with E-state index in [2.05, 4.69) is 158 Å². The van der Waals surface area contributed by atoms with Gasteiger partial charge >= 0.3 is 0 Å². The molecule has 0 saturated heterocycles. The van der Waals surface area contributed by atoms with Gasteiger partial charge in [0.05, 0.1) is 5.39 Å². The van der Waals surface area contributed by atoms with Gasteiger partial charge in [0.2, 0.25) is 0 Å². The number of hydrogen-bond donors (Lipinski definition) is 0. The third kappa shape index (κ3) is 4.38. The zero-order chi connectivity index (χ0) is 33.5. The highest BCUT2D eigenvalue weighted by Gasteiger charge is 2.22. The minimum atomic E-state index is 0.808. The van der Waals surface area contributed by atoms with Crippen molar-refractivity contribution < 1.29 is 13.3 Å². The van der Waals surface area contributed by atoms with Crippen molar-refractivity contribution in [2.75, 3.05) is 0 Å². The first-order valence-electron chi connectivity index (χ1n) is 17.2. The van der Waals surface area contributed by atoms with E-state index in [9.17, 15) is 0 Å². The molecule has 0 N–H and O–H groups in total. The molecule has 0 bridgehead atoms. The monoisotopic (exact) mass is 652 g/mol. The molecule has 0 radical (unpaired) electrons. The summed E-state index contributed by atoms with van der Waals surface area (Å²) in [6.07, 6.45) is 0. The minimum absolute atomic E-state index is 0.808. The number of hydrogen-bond acceptors (Lipinski definition) is 3. The maximum Gasteiger partial charge on any atom is 0.147 e. The molecule has 238 valence electrons. The van der Waals surface area contributed by atoms with Crippen molar-refractivity contribution in [2.45, 2.75) is 0 Å². The summed E-state index contributed by atoms with van der Waals surface area (Å²) in [6.45, 7) is 0. The molecule has 0 atom stereocenters. The average molecular weight is 653 g/mol. The largest absolute Gasteiger partial charge is 0.456 e. The first-order valence-corrected chi connectivity index (χ1v) is 17.2. The summed E-state index contributed by atoms with van der Waals surface area (Å²) >= 11 is 0. The molecule has 11 rings (SSSR count). The van der Waals surface area contributed by atoms with Crippen LogP contribution in [0.2, 0.25) is 0 Å². The molecule has 0 fully saturated rings. The van der Waals surface area contributed by atoms with E-state index in [4.69, 9.17) is 13.3 Å². The second kappa shape index (κ2) is 10.8. The van der Waals surface area contributed by atoms with Gasteiger partial charge in [-0.3, -0.25) is 0 Å². The van der Waals surface area contributed by atoms with Gasteiger partial charge in [0, 0.05) is 32.5 Å². The fourth-order valence-corrected chi connectivity index (χ4v) is 7.76. The Hall–Kier alpha value is -6.84. The molecule has 0 saturated carbocycles. The van der Waals surface area contributed by atoms with E-state index in [0.29, 0.717) is 0 Å². The first kappa shape index (κ1) is 28.0. The topological polar surface area (TPSA) is 39.4 Å². The molecule has 0 spiro atoms. The number of furan rings is 3. The lowest BCUT2D eigenvalue weighted by atomic mass is 9.95. The Morgan fingerprint density at radius 3 is 1.18 bits per heavy atom. The van der Waals surface area contributed by atoms with E-state index >= 15 is 0 Å². The summed E-state index contributed by atoms with van der Waals surface area (Å²) in [5.74, 6) is 0. The fourth-order valence-electron chi connectivity index (χ4n) is 7.76. The SMILES string of the molecule is c1ccc(-c2ccc3oc4ccc(-c5cc6c7cc(-c8ccccc8)ccc7oc6c6c5oc5ccc(-c7ccccc7)cc56)cc4c3c2)cc1. The number of rotatable bonds is 4. The Bertz CT molecular complexity index is 3110. The van der Waals surface area contributed by atoms with Gasteiger partial charge in [-0.1, -0.05) is 115 Å². The smallest absolute Gasteiger partial charge is 0.147 e. The Labute approximate surface area is 292 Å². The average Bonchev–Trinajstić information content (AvgIpc) is 3.88. The number of fused-ring (bicyclic) bond motifs is 10. The molecule has 3 heterocycles.